The Balaban J connectivity index is 1.25. The summed E-state index contributed by atoms with van der Waals surface area (Å²) < 4.78 is 18.6. The van der Waals surface area contributed by atoms with E-state index < -0.39 is 0 Å². The maximum atomic E-state index is 13.0. The molecule has 3 aromatic rings. The molecule has 1 amide bonds. The summed E-state index contributed by atoms with van der Waals surface area (Å²) in [6.45, 7) is 8.70. The summed E-state index contributed by atoms with van der Waals surface area (Å²) >= 11 is 1.15. The van der Waals surface area contributed by atoms with E-state index in [2.05, 4.69) is 31.9 Å². The second-order valence-electron chi connectivity index (χ2n) is 7.34. The van der Waals surface area contributed by atoms with Crippen LogP contribution >= 0.6 is 11.8 Å². The van der Waals surface area contributed by atoms with E-state index in [1.165, 1.54) is 12.1 Å². The van der Waals surface area contributed by atoms with Gasteiger partial charge in [0.1, 0.15) is 5.82 Å². The van der Waals surface area contributed by atoms with Crippen LogP contribution in [-0.4, -0.2) is 59.5 Å². The molecule has 0 spiro atoms. The average Bonchev–Trinajstić information content (AvgIpc) is 3.29. The Morgan fingerprint density at radius 2 is 1.81 bits per heavy atom. The molecule has 7 nitrogen and oxygen atoms in total. The van der Waals surface area contributed by atoms with Crippen LogP contribution in [-0.2, 0) is 4.79 Å². The van der Waals surface area contributed by atoms with E-state index in [4.69, 9.17) is 4.42 Å². The zero-order valence-corrected chi connectivity index (χ0v) is 18.4. The molecule has 2 aromatic carbocycles. The van der Waals surface area contributed by atoms with E-state index in [1.807, 2.05) is 30.3 Å². The largest absolute Gasteiger partial charge is 0.411 e. The summed E-state index contributed by atoms with van der Waals surface area (Å²) in [7, 11) is 0. The molecule has 1 aromatic heterocycles. The number of carbonyl (C=O) groups excluding carboxylic acids is 1. The maximum absolute atomic E-state index is 13.0. The highest BCUT2D eigenvalue weighted by Crippen LogP contribution is 2.24. The lowest BCUT2D eigenvalue weighted by atomic mass is 10.2. The van der Waals surface area contributed by atoms with Gasteiger partial charge in [-0.05, 0) is 48.5 Å². The molecule has 9 heteroatoms. The van der Waals surface area contributed by atoms with Gasteiger partial charge in [-0.15, -0.1) is 16.8 Å². The number of benzene rings is 2. The lowest BCUT2D eigenvalue weighted by Crippen LogP contribution is -2.46. The third-order valence-electron chi connectivity index (χ3n) is 5.10. The van der Waals surface area contributed by atoms with E-state index in [9.17, 15) is 9.18 Å². The summed E-state index contributed by atoms with van der Waals surface area (Å²) in [5.74, 6) is -0.0762. The van der Waals surface area contributed by atoms with Crippen molar-refractivity contribution in [2.24, 2.45) is 0 Å². The SMILES string of the molecule is C=CCN1CCN(c2ccc(NC(=O)CSc3nnc(-c4ccc(F)cc4)o3)cc2)CC1. The Labute approximate surface area is 190 Å². The number of aromatic nitrogens is 2. The highest BCUT2D eigenvalue weighted by atomic mass is 32.2. The van der Waals surface area contributed by atoms with Gasteiger partial charge in [-0.3, -0.25) is 9.69 Å². The van der Waals surface area contributed by atoms with Crippen molar-refractivity contribution in [1.82, 2.24) is 15.1 Å². The van der Waals surface area contributed by atoms with Crippen molar-refractivity contribution in [2.45, 2.75) is 5.22 Å². The van der Waals surface area contributed by atoms with Gasteiger partial charge in [0.2, 0.25) is 11.8 Å². The minimum Gasteiger partial charge on any atom is -0.411 e. The Kier molecular flexibility index (Phi) is 7.18. The van der Waals surface area contributed by atoms with Gasteiger partial charge < -0.3 is 14.6 Å². The molecule has 1 N–H and O–H groups in total. The first-order chi connectivity index (χ1) is 15.6. The van der Waals surface area contributed by atoms with Gasteiger partial charge in [-0.1, -0.05) is 17.8 Å². The van der Waals surface area contributed by atoms with Crippen molar-refractivity contribution >= 4 is 29.0 Å². The van der Waals surface area contributed by atoms with Crippen LogP contribution in [0.3, 0.4) is 0 Å². The predicted molar refractivity (Wildman–Crippen MR) is 124 cm³/mol. The van der Waals surface area contributed by atoms with Crippen molar-refractivity contribution in [3.63, 3.8) is 0 Å². The van der Waals surface area contributed by atoms with Crippen LogP contribution in [0.2, 0.25) is 0 Å². The maximum Gasteiger partial charge on any atom is 0.277 e. The molecule has 0 aliphatic carbocycles. The number of piperazine rings is 1. The Morgan fingerprint density at radius 3 is 2.50 bits per heavy atom. The van der Waals surface area contributed by atoms with Crippen molar-refractivity contribution in [3.8, 4) is 11.5 Å². The average molecular weight is 454 g/mol. The molecule has 0 radical (unpaired) electrons. The van der Waals surface area contributed by atoms with E-state index >= 15 is 0 Å². The highest BCUT2D eigenvalue weighted by Gasteiger charge is 2.16. The molecule has 1 fully saturated rings. The fourth-order valence-electron chi connectivity index (χ4n) is 3.43. The lowest BCUT2D eigenvalue weighted by molar-refractivity contribution is -0.113. The summed E-state index contributed by atoms with van der Waals surface area (Å²) in [5, 5.41) is 11.0. The standard InChI is InChI=1S/C23H24FN5O2S/c1-2-11-28-12-14-29(15-13-28)20-9-7-19(8-10-20)25-21(30)16-32-23-27-26-22(31-23)17-3-5-18(24)6-4-17/h2-10H,1,11-16H2,(H,25,30). The van der Waals surface area contributed by atoms with Crippen LogP contribution < -0.4 is 10.2 Å². The molecule has 0 atom stereocenters. The van der Waals surface area contributed by atoms with E-state index in [1.54, 1.807) is 12.1 Å². The van der Waals surface area contributed by atoms with Gasteiger partial charge in [-0.2, -0.15) is 0 Å². The molecule has 1 aliphatic heterocycles. The van der Waals surface area contributed by atoms with Crippen molar-refractivity contribution in [1.29, 1.82) is 0 Å². The minimum absolute atomic E-state index is 0.137. The number of hydrogen-bond donors (Lipinski definition) is 1. The van der Waals surface area contributed by atoms with Gasteiger partial charge in [0, 0.05) is 49.7 Å². The third kappa shape index (κ3) is 5.74. The molecule has 0 unspecified atom stereocenters. The Hall–Kier alpha value is -3.17. The normalized spacial score (nSPS) is 14.3. The zero-order valence-electron chi connectivity index (χ0n) is 17.5. The monoisotopic (exact) mass is 453 g/mol. The predicted octanol–water partition coefficient (Wildman–Crippen LogP) is 3.91. The summed E-state index contributed by atoms with van der Waals surface area (Å²) in [5.41, 5.74) is 2.51. The Bertz CT molecular complexity index is 1050. The van der Waals surface area contributed by atoms with Crippen molar-refractivity contribution in [2.75, 3.05) is 48.7 Å². The minimum atomic E-state index is -0.335. The first-order valence-corrected chi connectivity index (χ1v) is 11.3. The number of nitrogens with zero attached hydrogens (tertiary/aromatic N) is 4. The number of halogens is 1. The summed E-state index contributed by atoms with van der Waals surface area (Å²) in [6, 6.07) is 13.7. The van der Waals surface area contributed by atoms with E-state index in [-0.39, 0.29) is 28.6 Å². The second kappa shape index (κ2) is 10.4. The van der Waals surface area contributed by atoms with Crippen LogP contribution in [0, 0.1) is 5.82 Å². The van der Waals surface area contributed by atoms with Crippen LogP contribution in [0.25, 0.3) is 11.5 Å². The first-order valence-electron chi connectivity index (χ1n) is 10.3. The molecule has 1 saturated heterocycles. The second-order valence-corrected chi connectivity index (χ2v) is 8.27. The number of anilines is 2. The van der Waals surface area contributed by atoms with Gasteiger partial charge in [0.25, 0.3) is 5.22 Å². The van der Waals surface area contributed by atoms with Crippen molar-refractivity contribution < 1.29 is 13.6 Å². The Morgan fingerprint density at radius 1 is 1.09 bits per heavy atom. The van der Waals surface area contributed by atoms with E-state index in [0.29, 0.717) is 5.56 Å². The topological polar surface area (TPSA) is 74.5 Å². The van der Waals surface area contributed by atoms with Gasteiger partial charge >= 0.3 is 0 Å². The molecular weight excluding hydrogens is 429 g/mol. The molecule has 4 rings (SSSR count). The highest BCUT2D eigenvalue weighted by molar-refractivity contribution is 7.99. The molecule has 32 heavy (non-hydrogen) atoms. The number of thioether (sulfide) groups is 1. The molecule has 0 saturated carbocycles. The number of rotatable bonds is 8. The smallest absolute Gasteiger partial charge is 0.277 e. The molecule has 1 aliphatic rings. The van der Waals surface area contributed by atoms with Crippen molar-refractivity contribution in [3.05, 3.63) is 67.0 Å². The molecule has 0 bridgehead atoms. The van der Waals surface area contributed by atoms with E-state index in [0.717, 1.165) is 55.9 Å². The van der Waals surface area contributed by atoms with Gasteiger partial charge in [0.05, 0.1) is 5.75 Å². The molecule has 2 heterocycles. The van der Waals surface area contributed by atoms with Crippen LogP contribution in [0.1, 0.15) is 0 Å². The number of hydrogen-bond acceptors (Lipinski definition) is 7. The molecule has 166 valence electrons. The lowest BCUT2D eigenvalue weighted by Gasteiger charge is -2.35. The number of nitrogens with one attached hydrogen (secondary N) is 1. The van der Waals surface area contributed by atoms with Gasteiger partial charge in [0.15, 0.2) is 0 Å². The number of amides is 1. The van der Waals surface area contributed by atoms with Crippen LogP contribution in [0.4, 0.5) is 15.8 Å². The third-order valence-corrected chi connectivity index (χ3v) is 5.92. The fourth-order valence-corrected chi connectivity index (χ4v) is 3.99. The molecular formula is C23H24FN5O2S. The first kappa shape index (κ1) is 22.0. The zero-order chi connectivity index (χ0) is 22.3. The fraction of sp³-hybridized carbons (Fsp3) is 0.261. The summed E-state index contributed by atoms with van der Waals surface area (Å²) in [4.78, 5) is 17.0. The quantitative estimate of drug-likeness (QED) is 0.409. The van der Waals surface area contributed by atoms with Gasteiger partial charge in [-0.25, -0.2) is 4.39 Å². The van der Waals surface area contributed by atoms with Crippen LogP contribution in [0.15, 0.2) is 70.8 Å². The van der Waals surface area contributed by atoms with Crippen LogP contribution in [0.5, 0.6) is 0 Å². The summed E-state index contributed by atoms with van der Waals surface area (Å²) in [6.07, 6.45) is 1.94. The number of carbonyl (C=O) groups is 1.